The zero-order chi connectivity index (χ0) is 66.5. The predicted molar refractivity (Wildman–Crippen MR) is 400 cm³/mol. The molecule has 0 atom stereocenters. The van der Waals surface area contributed by atoms with Crippen LogP contribution in [0.15, 0.2) is 309 Å². The van der Waals surface area contributed by atoms with E-state index in [9.17, 15) is 5.26 Å². The van der Waals surface area contributed by atoms with Gasteiger partial charge in [-0.2, -0.15) is 5.26 Å². The number of allylic oxidation sites excluding steroid dienone is 1. The minimum Gasteiger partial charge on any atom is -0.312 e. The molecule has 0 saturated heterocycles. The van der Waals surface area contributed by atoms with Crippen molar-refractivity contribution in [2.45, 2.75) is 12.8 Å². The first-order chi connectivity index (χ1) is 49.5. The summed E-state index contributed by atoms with van der Waals surface area (Å²) in [4.78, 5) is 46.9. The molecule has 0 N–H and O–H groups in total. The maximum Gasteiger partial charge on any atom is 0.164 e. The van der Waals surface area contributed by atoms with E-state index in [1.807, 2.05) is 200 Å². The maximum atomic E-state index is 10.4. The van der Waals surface area contributed by atoms with E-state index in [2.05, 4.69) is 130 Å². The molecule has 0 saturated carbocycles. The Morgan fingerprint density at radius 1 is 0.280 bits per heavy atom. The lowest BCUT2D eigenvalue weighted by atomic mass is 9.92. The fraction of sp³-hybridized carbons (Fsp3) is 0.0227. The molecule has 5 aromatic heterocycles. The molecule has 0 aliphatic heterocycles. The van der Waals surface area contributed by atoms with Crippen LogP contribution in [0.25, 0.3) is 175 Å². The van der Waals surface area contributed by atoms with Gasteiger partial charge in [0.05, 0.1) is 33.9 Å². The van der Waals surface area contributed by atoms with Crippen molar-refractivity contribution in [3.05, 3.63) is 326 Å². The molecular formula is C88H56N12. The van der Waals surface area contributed by atoms with E-state index in [1.54, 1.807) is 0 Å². The summed E-state index contributed by atoms with van der Waals surface area (Å²) in [6.07, 6.45) is 6.17. The fourth-order valence-electron chi connectivity index (χ4n) is 13.8. The van der Waals surface area contributed by atoms with Gasteiger partial charge in [-0.05, 0) is 114 Å². The molecule has 100 heavy (non-hydrogen) atoms. The molecule has 5 heterocycles. The molecule has 468 valence electrons. The summed E-state index contributed by atoms with van der Waals surface area (Å²) in [5.74, 6) is 5.11. The number of nitrogens with zero attached hydrogens (tertiary/aromatic N) is 12. The molecule has 0 bridgehead atoms. The highest BCUT2D eigenvalue weighted by atomic mass is 15.1. The minimum atomic E-state index is 0.500. The Balaban J connectivity index is 0.885. The van der Waals surface area contributed by atoms with Gasteiger partial charge in [0.1, 0.15) is 0 Å². The van der Waals surface area contributed by atoms with Gasteiger partial charge in [0, 0.05) is 88.7 Å². The smallest absolute Gasteiger partial charge is 0.164 e. The molecule has 12 nitrogen and oxygen atoms in total. The van der Waals surface area contributed by atoms with Crippen molar-refractivity contribution in [2.24, 2.45) is 0 Å². The molecule has 17 aromatic rings. The van der Waals surface area contributed by atoms with Gasteiger partial charge in [0.2, 0.25) is 0 Å². The minimum absolute atomic E-state index is 0.500. The van der Waals surface area contributed by atoms with Crippen LogP contribution in [0.5, 0.6) is 0 Å². The van der Waals surface area contributed by atoms with Crippen LogP contribution < -0.4 is 0 Å². The second kappa shape index (κ2) is 25.1. The van der Waals surface area contributed by atoms with Crippen LogP contribution in [-0.4, -0.2) is 54.0 Å². The Hall–Kier alpha value is -13.8. The van der Waals surface area contributed by atoms with Crippen LogP contribution in [0.1, 0.15) is 23.2 Å². The second-order valence-corrected chi connectivity index (χ2v) is 24.7. The highest BCUT2D eigenvalue weighted by Gasteiger charge is 2.27. The van der Waals surface area contributed by atoms with E-state index in [-0.39, 0.29) is 0 Å². The van der Waals surface area contributed by atoms with Crippen LogP contribution in [0.4, 0.5) is 0 Å². The molecule has 12 aromatic carbocycles. The molecule has 12 heteroatoms. The Kier molecular flexibility index (Phi) is 14.8. The van der Waals surface area contributed by atoms with E-state index >= 15 is 0 Å². The number of hydrogen-bond donors (Lipinski definition) is 0. The van der Waals surface area contributed by atoms with E-state index in [1.165, 1.54) is 5.69 Å². The third kappa shape index (κ3) is 10.8. The molecule has 1 aliphatic carbocycles. The number of fused-ring (bicyclic) bond motifs is 6. The van der Waals surface area contributed by atoms with Crippen molar-refractivity contribution >= 4 is 38.8 Å². The van der Waals surface area contributed by atoms with Gasteiger partial charge in [-0.15, -0.1) is 0 Å². The topological polar surface area (TPSA) is 150 Å². The van der Waals surface area contributed by atoms with Crippen LogP contribution in [0.3, 0.4) is 0 Å². The number of hydrogen-bond acceptors (Lipinski definition) is 10. The van der Waals surface area contributed by atoms with Gasteiger partial charge >= 0.3 is 0 Å². The lowest BCUT2D eigenvalue weighted by molar-refractivity contribution is 0.889. The maximum absolute atomic E-state index is 10.4. The number of nitriles is 1. The molecule has 0 radical (unpaired) electrons. The standard InChI is InChI=1S/C88H56N12/c89-55-56-24-23-37-63(50-56)64-42-47-79(100-76-41-22-20-39-69(76)73-53-66(44-49-78(73)100)87-95-82(59-29-11-3-12-30-59)91-83(96-87)60-31-13-4-14-32-60)74(51-64)71-54-67(45-46-70(71)88-97-84(61-33-15-5-16-34-61)92-85(98-88)62-35-17-6-18-36-62)99-75-40-21-19-38-68(75)72-52-65(43-48-77(72)99)86-93-80(57-25-7-1-8-26-57)90-81(94-86)58-27-9-2-10-28-58/h1-21,23-40,42-54H,22,41H2. The summed E-state index contributed by atoms with van der Waals surface area (Å²) < 4.78 is 4.80. The van der Waals surface area contributed by atoms with Gasteiger partial charge < -0.3 is 9.13 Å². The Bertz CT molecular complexity index is 5910. The summed E-state index contributed by atoms with van der Waals surface area (Å²) >= 11 is 0. The molecule has 18 rings (SSSR count). The average molecular weight is 1280 g/mol. The van der Waals surface area contributed by atoms with Crippen molar-refractivity contribution in [3.63, 3.8) is 0 Å². The lowest BCUT2D eigenvalue weighted by Crippen LogP contribution is -2.06. The SMILES string of the molecule is N#Cc1cccc(-c2ccc(-n3c4c(c5cc(-c6nc(-c7ccccc7)nc(-c7ccccc7)n6)ccc53)C=CCC4)c(-c3cc(-n4c5ccccc5c5cc(-c6nc(-c7ccccc7)nc(-c7ccccc7)n6)ccc54)ccc3-c3nc(-c4ccccc4)nc(-c4ccccc4)n3)c2)c1. The summed E-state index contributed by atoms with van der Waals surface area (Å²) in [6, 6.07) is 106. The molecule has 0 spiro atoms. The van der Waals surface area contributed by atoms with Gasteiger partial charge in [-0.3, -0.25) is 0 Å². The van der Waals surface area contributed by atoms with Crippen LogP contribution in [0.2, 0.25) is 0 Å². The summed E-state index contributed by atoms with van der Waals surface area (Å²) in [6.45, 7) is 0. The summed E-state index contributed by atoms with van der Waals surface area (Å²) in [5, 5.41) is 13.5. The third-order valence-corrected chi connectivity index (χ3v) is 18.6. The molecular weight excluding hydrogens is 1230 g/mol. The zero-order valence-electron chi connectivity index (χ0n) is 53.8. The van der Waals surface area contributed by atoms with Crippen LogP contribution in [0, 0.1) is 11.3 Å². The van der Waals surface area contributed by atoms with Crippen molar-refractivity contribution < 1.29 is 0 Å². The van der Waals surface area contributed by atoms with Crippen molar-refractivity contribution in [1.82, 2.24) is 54.0 Å². The molecule has 0 amide bonds. The van der Waals surface area contributed by atoms with Crippen LogP contribution in [-0.2, 0) is 6.42 Å². The second-order valence-electron chi connectivity index (χ2n) is 24.7. The van der Waals surface area contributed by atoms with Crippen LogP contribution >= 0.6 is 0 Å². The average Bonchev–Trinajstić information content (AvgIpc) is 1.55. The number of benzene rings is 12. The van der Waals surface area contributed by atoms with E-state index < -0.39 is 0 Å². The highest BCUT2D eigenvalue weighted by Crippen LogP contribution is 2.45. The lowest BCUT2D eigenvalue weighted by Gasteiger charge is -2.21. The molecule has 0 unspecified atom stereocenters. The first kappa shape index (κ1) is 58.8. The monoisotopic (exact) mass is 1280 g/mol. The first-order valence-electron chi connectivity index (χ1n) is 33.3. The number of para-hydroxylation sites is 1. The van der Waals surface area contributed by atoms with Crippen molar-refractivity contribution in [2.75, 3.05) is 0 Å². The van der Waals surface area contributed by atoms with E-state index in [4.69, 9.17) is 44.9 Å². The van der Waals surface area contributed by atoms with E-state index in [0.29, 0.717) is 58.0 Å². The third-order valence-electron chi connectivity index (χ3n) is 18.6. The van der Waals surface area contributed by atoms with Crippen molar-refractivity contribution in [3.8, 4) is 142 Å². The zero-order valence-corrected chi connectivity index (χ0v) is 53.8. The molecule has 1 aliphatic rings. The van der Waals surface area contributed by atoms with Gasteiger partial charge in [-0.25, -0.2) is 44.9 Å². The Morgan fingerprint density at radius 2 is 0.690 bits per heavy atom. The quantitative estimate of drug-likeness (QED) is 0.109. The molecule has 0 fully saturated rings. The van der Waals surface area contributed by atoms with Gasteiger partial charge in [0.15, 0.2) is 52.4 Å². The Morgan fingerprint density at radius 3 is 1.19 bits per heavy atom. The number of rotatable bonds is 13. The Labute approximate surface area is 576 Å². The predicted octanol–water partition coefficient (Wildman–Crippen LogP) is 20.5. The van der Waals surface area contributed by atoms with Crippen molar-refractivity contribution in [1.29, 1.82) is 5.26 Å². The highest BCUT2D eigenvalue weighted by molar-refractivity contribution is 6.11. The largest absolute Gasteiger partial charge is 0.312 e. The number of aromatic nitrogens is 11. The summed E-state index contributed by atoms with van der Waals surface area (Å²) in [7, 11) is 0. The van der Waals surface area contributed by atoms with Gasteiger partial charge in [-0.1, -0.05) is 231 Å². The van der Waals surface area contributed by atoms with Gasteiger partial charge in [0.25, 0.3) is 0 Å². The summed E-state index contributed by atoms with van der Waals surface area (Å²) in [5.41, 5.74) is 19.2. The fourth-order valence-corrected chi connectivity index (χ4v) is 13.8. The van der Waals surface area contributed by atoms with E-state index in [0.717, 1.165) is 135 Å². The normalized spacial score (nSPS) is 11.9. The first-order valence-corrected chi connectivity index (χ1v) is 33.3.